The zero-order valence-electron chi connectivity index (χ0n) is 6.17. The highest BCUT2D eigenvalue weighted by atomic mass is 32.2. The van der Waals surface area contributed by atoms with E-state index in [1.54, 1.807) is 0 Å². The molecule has 1 heterocycles. The van der Waals surface area contributed by atoms with Gasteiger partial charge in [-0.3, -0.25) is 0 Å². The van der Waals surface area contributed by atoms with Crippen molar-refractivity contribution in [3.8, 4) is 0 Å². The van der Waals surface area contributed by atoms with E-state index >= 15 is 0 Å². The molecular weight excluding hydrogens is 187 g/mol. The highest BCUT2D eigenvalue weighted by Gasteiger charge is 2.43. The first-order chi connectivity index (χ1) is 5.57. The van der Waals surface area contributed by atoms with Crippen molar-refractivity contribution in [1.82, 2.24) is 0 Å². The molecule has 0 bridgehead atoms. The zero-order valence-corrected chi connectivity index (χ0v) is 6.99. The van der Waals surface area contributed by atoms with Crippen molar-refractivity contribution in [2.45, 2.75) is 29.1 Å². The molecule has 1 aliphatic heterocycles. The molecular formula is C6H11FO4S. The summed E-state index contributed by atoms with van der Waals surface area (Å²) in [6.07, 6.45) is -4.88. The lowest BCUT2D eigenvalue weighted by molar-refractivity contribution is -0.0577. The Morgan fingerprint density at radius 1 is 1.17 bits per heavy atom. The van der Waals surface area contributed by atoms with Crippen LogP contribution in [0.2, 0.25) is 0 Å². The minimum absolute atomic E-state index is 0.421. The van der Waals surface area contributed by atoms with Gasteiger partial charge < -0.3 is 20.4 Å². The Bertz CT molecular complexity index is 154. The van der Waals surface area contributed by atoms with Gasteiger partial charge in [-0.25, -0.2) is 4.39 Å². The lowest BCUT2D eigenvalue weighted by Crippen LogP contribution is -2.51. The number of rotatable bonds is 1. The molecule has 4 N–H and O–H groups in total. The molecule has 0 aromatic carbocycles. The van der Waals surface area contributed by atoms with Crippen molar-refractivity contribution in [2.24, 2.45) is 0 Å². The first-order valence-corrected chi connectivity index (χ1v) is 4.46. The summed E-state index contributed by atoms with van der Waals surface area (Å²) in [4.78, 5) is 0. The molecule has 0 amide bonds. The van der Waals surface area contributed by atoms with Crippen molar-refractivity contribution in [2.75, 3.05) is 6.61 Å². The first kappa shape index (κ1) is 10.2. The smallest absolute Gasteiger partial charge is 0.156 e. The van der Waals surface area contributed by atoms with Crippen molar-refractivity contribution in [1.29, 1.82) is 0 Å². The van der Waals surface area contributed by atoms with Crippen molar-refractivity contribution < 1.29 is 24.8 Å². The van der Waals surface area contributed by atoms with Crippen LogP contribution in [0.1, 0.15) is 0 Å². The van der Waals surface area contributed by atoms with Gasteiger partial charge >= 0.3 is 0 Å². The molecule has 0 aromatic rings. The van der Waals surface area contributed by atoms with E-state index in [2.05, 4.69) is 0 Å². The van der Waals surface area contributed by atoms with Gasteiger partial charge in [-0.15, -0.1) is 11.8 Å². The van der Waals surface area contributed by atoms with Gasteiger partial charge in [-0.2, -0.15) is 0 Å². The van der Waals surface area contributed by atoms with Crippen molar-refractivity contribution in [3.05, 3.63) is 0 Å². The Hall–Kier alpha value is 0.120. The van der Waals surface area contributed by atoms with Gasteiger partial charge in [-0.1, -0.05) is 0 Å². The van der Waals surface area contributed by atoms with Gasteiger partial charge in [0.25, 0.3) is 0 Å². The third-order valence-corrected chi connectivity index (χ3v) is 3.15. The average molecular weight is 198 g/mol. The van der Waals surface area contributed by atoms with Crippen LogP contribution < -0.4 is 0 Å². The molecule has 0 unspecified atom stereocenters. The summed E-state index contributed by atoms with van der Waals surface area (Å²) >= 11 is 0.772. The number of thioether (sulfide) groups is 1. The molecule has 1 saturated heterocycles. The molecule has 0 aliphatic carbocycles. The average Bonchev–Trinajstić information content (AvgIpc) is 2.08. The van der Waals surface area contributed by atoms with E-state index in [1.807, 2.05) is 0 Å². The second-order valence-electron chi connectivity index (χ2n) is 2.67. The second-order valence-corrected chi connectivity index (χ2v) is 4.03. The normalized spacial score (nSPS) is 49.2. The molecule has 4 nitrogen and oxygen atoms in total. The topological polar surface area (TPSA) is 80.9 Å². The van der Waals surface area contributed by atoms with Gasteiger partial charge in [-0.05, 0) is 0 Å². The molecule has 1 aliphatic rings. The number of alkyl halides is 1. The van der Waals surface area contributed by atoms with E-state index in [0.29, 0.717) is 0 Å². The lowest BCUT2D eigenvalue weighted by atomic mass is 10.1. The summed E-state index contributed by atoms with van der Waals surface area (Å²) < 4.78 is 12.9. The standard InChI is InChI=1S/C6H11FO4S/c7-3-4(9)2(1-8)12-6(11)5(3)10/h2-6,8-11H,1H2/t2-,3+,4+,5+,6-/m0/s1. The summed E-state index contributed by atoms with van der Waals surface area (Å²) in [6, 6.07) is 0. The van der Waals surface area contributed by atoms with E-state index in [1.165, 1.54) is 0 Å². The van der Waals surface area contributed by atoms with E-state index in [0.717, 1.165) is 11.8 Å². The highest BCUT2D eigenvalue weighted by molar-refractivity contribution is 8.00. The predicted molar refractivity (Wildman–Crippen MR) is 41.4 cm³/mol. The summed E-state index contributed by atoms with van der Waals surface area (Å²) in [5, 5.41) is 34.9. The van der Waals surface area contributed by atoms with E-state index in [9.17, 15) is 4.39 Å². The van der Waals surface area contributed by atoms with Gasteiger partial charge in [0.1, 0.15) is 17.6 Å². The Morgan fingerprint density at radius 3 is 2.25 bits per heavy atom. The molecule has 1 fully saturated rings. The Morgan fingerprint density at radius 2 is 1.75 bits per heavy atom. The largest absolute Gasteiger partial charge is 0.395 e. The van der Waals surface area contributed by atoms with Crippen LogP contribution in [0.25, 0.3) is 0 Å². The fraction of sp³-hybridized carbons (Fsp3) is 1.00. The van der Waals surface area contributed by atoms with Crippen molar-refractivity contribution in [3.63, 3.8) is 0 Å². The third-order valence-electron chi connectivity index (χ3n) is 1.82. The Kier molecular flexibility index (Phi) is 3.30. The fourth-order valence-corrected chi connectivity index (χ4v) is 2.12. The number of hydrogen-bond acceptors (Lipinski definition) is 5. The quantitative estimate of drug-likeness (QED) is 0.411. The highest BCUT2D eigenvalue weighted by Crippen LogP contribution is 2.32. The molecule has 0 spiro atoms. The van der Waals surface area contributed by atoms with Crippen LogP contribution in [0, 0.1) is 0 Å². The SMILES string of the molecule is OC[C@@H]1S[C@H](O)[C@H](O)[C@H](F)[C@@H]1O. The molecule has 0 saturated carbocycles. The number of hydrogen-bond donors (Lipinski definition) is 4. The third kappa shape index (κ3) is 1.72. The molecule has 72 valence electrons. The molecule has 0 aromatic heterocycles. The minimum atomic E-state index is -1.89. The maximum absolute atomic E-state index is 12.9. The van der Waals surface area contributed by atoms with Crippen molar-refractivity contribution >= 4 is 11.8 Å². The molecule has 12 heavy (non-hydrogen) atoms. The Balaban J connectivity index is 2.63. The van der Waals surface area contributed by atoms with Gasteiger partial charge in [0, 0.05) is 0 Å². The van der Waals surface area contributed by atoms with Crippen LogP contribution in [0.5, 0.6) is 0 Å². The van der Waals surface area contributed by atoms with Crippen LogP contribution in [0.3, 0.4) is 0 Å². The summed E-state index contributed by atoms with van der Waals surface area (Å²) in [5.74, 6) is 0. The molecule has 0 radical (unpaired) electrons. The number of aliphatic hydroxyl groups is 4. The molecule has 1 rings (SSSR count). The van der Waals surface area contributed by atoms with Gasteiger partial charge in [0.15, 0.2) is 6.17 Å². The summed E-state index contributed by atoms with van der Waals surface area (Å²) in [5.41, 5.74) is -1.28. The first-order valence-electron chi connectivity index (χ1n) is 3.52. The summed E-state index contributed by atoms with van der Waals surface area (Å²) in [7, 11) is 0. The minimum Gasteiger partial charge on any atom is -0.395 e. The van der Waals surface area contributed by atoms with Crippen LogP contribution in [0.15, 0.2) is 0 Å². The summed E-state index contributed by atoms with van der Waals surface area (Å²) in [6.45, 7) is -0.421. The van der Waals surface area contributed by atoms with Gasteiger partial charge in [0.05, 0.1) is 11.9 Å². The maximum Gasteiger partial charge on any atom is 0.156 e. The van der Waals surface area contributed by atoms with Crippen LogP contribution >= 0.6 is 11.8 Å². The number of aliphatic hydroxyl groups excluding tert-OH is 4. The fourth-order valence-electron chi connectivity index (χ4n) is 1.06. The van der Waals surface area contributed by atoms with Gasteiger partial charge in [0.2, 0.25) is 0 Å². The zero-order chi connectivity index (χ0) is 9.30. The predicted octanol–water partition coefficient (Wildman–Crippen LogP) is -1.53. The Labute approximate surface area is 73.0 Å². The second kappa shape index (κ2) is 3.89. The van der Waals surface area contributed by atoms with E-state index in [-0.39, 0.29) is 0 Å². The van der Waals surface area contributed by atoms with E-state index < -0.39 is 35.7 Å². The van der Waals surface area contributed by atoms with E-state index in [4.69, 9.17) is 20.4 Å². The van der Waals surface area contributed by atoms with Crippen LogP contribution in [0.4, 0.5) is 4.39 Å². The van der Waals surface area contributed by atoms with Crippen LogP contribution in [-0.4, -0.2) is 56.1 Å². The van der Waals surface area contributed by atoms with Crippen LogP contribution in [-0.2, 0) is 0 Å². The maximum atomic E-state index is 12.9. The molecule has 6 heteroatoms. The monoisotopic (exact) mass is 198 g/mol. The number of halogens is 1. The molecule has 5 atom stereocenters. The lowest BCUT2D eigenvalue weighted by Gasteiger charge is -2.35.